The third kappa shape index (κ3) is 6.22. The second-order valence-electron chi connectivity index (χ2n) is 7.42. The van der Waals surface area contributed by atoms with Crippen molar-refractivity contribution in [1.82, 2.24) is 10.2 Å². The van der Waals surface area contributed by atoms with Gasteiger partial charge in [-0.2, -0.15) is 0 Å². The van der Waals surface area contributed by atoms with Gasteiger partial charge in [-0.3, -0.25) is 14.5 Å². The average molecular weight is 414 g/mol. The molecule has 7 nitrogen and oxygen atoms in total. The quantitative estimate of drug-likeness (QED) is 0.661. The minimum absolute atomic E-state index is 0.0814. The van der Waals surface area contributed by atoms with E-state index in [1.165, 1.54) is 0 Å². The minimum Gasteiger partial charge on any atom is -0.493 e. The molecule has 0 aliphatic carbocycles. The van der Waals surface area contributed by atoms with Crippen molar-refractivity contribution in [1.29, 1.82) is 0 Å². The summed E-state index contributed by atoms with van der Waals surface area (Å²) in [6.07, 6.45) is 0. The Hall–Kier alpha value is -3.06. The number of nitrogens with one attached hydrogen (secondary N) is 2. The summed E-state index contributed by atoms with van der Waals surface area (Å²) in [4.78, 5) is 26.4. The Morgan fingerprint density at radius 2 is 1.67 bits per heavy atom. The molecule has 7 heteroatoms. The lowest BCUT2D eigenvalue weighted by Gasteiger charge is -2.19. The molecule has 2 aromatic rings. The van der Waals surface area contributed by atoms with Gasteiger partial charge >= 0.3 is 0 Å². The highest BCUT2D eigenvalue weighted by molar-refractivity contribution is 5.96. The van der Waals surface area contributed by atoms with Crippen molar-refractivity contribution in [2.75, 3.05) is 39.7 Å². The Morgan fingerprint density at radius 3 is 2.27 bits per heavy atom. The highest BCUT2D eigenvalue weighted by atomic mass is 16.5. The second-order valence-corrected chi connectivity index (χ2v) is 7.42. The number of carbonyl (C=O) groups excluding carboxylic acids is 2. The normalized spacial score (nSPS) is 10.6. The lowest BCUT2D eigenvalue weighted by Crippen LogP contribution is -2.39. The fourth-order valence-electron chi connectivity index (χ4n) is 3.47. The van der Waals surface area contributed by atoms with Crippen molar-refractivity contribution in [3.8, 4) is 11.5 Å². The molecule has 0 heterocycles. The first-order valence-corrected chi connectivity index (χ1v) is 9.78. The van der Waals surface area contributed by atoms with Gasteiger partial charge in [-0.05, 0) is 45.0 Å². The molecule has 2 aromatic carbocycles. The van der Waals surface area contributed by atoms with Gasteiger partial charge in [0, 0.05) is 17.8 Å². The van der Waals surface area contributed by atoms with E-state index < -0.39 is 0 Å². The summed E-state index contributed by atoms with van der Waals surface area (Å²) in [5.41, 5.74) is 4.85. The highest BCUT2D eigenvalue weighted by Gasteiger charge is 2.14. The van der Waals surface area contributed by atoms with E-state index in [0.717, 1.165) is 27.9 Å². The summed E-state index contributed by atoms with van der Waals surface area (Å²) in [6, 6.07) is 9.66. The van der Waals surface area contributed by atoms with Crippen molar-refractivity contribution in [3.05, 3.63) is 52.6 Å². The van der Waals surface area contributed by atoms with Gasteiger partial charge in [0.05, 0.1) is 27.3 Å². The first-order valence-electron chi connectivity index (χ1n) is 9.78. The molecule has 0 spiro atoms. The number of carbonyl (C=O) groups is 2. The average Bonchev–Trinajstić information content (AvgIpc) is 2.68. The van der Waals surface area contributed by atoms with Crippen LogP contribution in [0.5, 0.6) is 11.5 Å². The standard InChI is InChI=1S/C23H31N3O4/c1-15-10-16(2)22(17(3)11-15)25-20(27)12-24-21(28)14-26(4)13-18-8-7-9-19(29-5)23(18)30-6/h7-11H,12-14H2,1-6H3,(H,24,28)(H,25,27). The van der Waals surface area contributed by atoms with E-state index in [0.29, 0.717) is 18.0 Å². The molecular weight excluding hydrogens is 382 g/mol. The Balaban J connectivity index is 1.87. The molecule has 2 rings (SSSR count). The van der Waals surface area contributed by atoms with Crippen molar-refractivity contribution in [2.24, 2.45) is 0 Å². The number of likely N-dealkylation sites (N-methyl/N-ethyl adjacent to an activating group) is 1. The minimum atomic E-state index is -0.254. The van der Waals surface area contributed by atoms with E-state index in [4.69, 9.17) is 9.47 Å². The maximum absolute atomic E-state index is 12.3. The topological polar surface area (TPSA) is 79.9 Å². The van der Waals surface area contributed by atoms with Crippen LogP contribution in [0, 0.1) is 20.8 Å². The van der Waals surface area contributed by atoms with E-state index in [1.807, 2.05) is 63.1 Å². The molecule has 0 bridgehead atoms. The van der Waals surface area contributed by atoms with Crippen LogP contribution in [0.3, 0.4) is 0 Å². The zero-order chi connectivity index (χ0) is 22.3. The van der Waals surface area contributed by atoms with Gasteiger partial charge in [-0.25, -0.2) is 0 Å². The van der Waals surface area contributed by atoms with Crippen molar-refractivity contribution >= 4 is 17.5 Å². The zero-order valence-electron chi connectivity index (χ0n) is 18.6. The Labute approximate surface area is 178 Å². The maximum atomic E-state index is 12.3. The van der Waals surface area contributed by atoms with Crippen LogP contribution < -0.4 is 20.1 Å². The molecule has 0 atom stereocenters. The SMILES string of the molecule is COc1cccc(CN(C)CC(=O)NCC(=O)Nc2c(C)cc(C)cc2C)c1OC. The number of benzene rings is 2. The Kier molecular flexibility index (Phi) is 8.24. The number of amides is 2. The summed E-state index contributed by atoms with van der Waals surface area (Å²) in [6.45, 7) is 6.50. The van der Waals surface area contributed by atoms with Crippen LogP contribution >= 0.6 is 0 Å². The number of hydrogen-bond donors (Lipinski definition) is 2. The molecule has 0 aliphatic rings. The number of anilines is 1. The summed E-state index contributed by atoms with van der Waals surface area (Å²) in [7, 11) is 5.01. The fourth-order valence-corrected chi connectivity index (χ4v) is 3.47. The van der Waals surface area contributed by atoms with Gasteiger partial charge < -0.3 is 20.1 Å². The van der Waals surface area contributed by atoms with Crippen LogP contribution in [0.4, 0.5) is 5.69 Å². The predicted molar refractivity (Wildman–Crippen MR) is 118 cm³/mol. The van der Waals surface area contributed by atoms with Crippen LogP contribution in [0.2, 0.25) is 0 Å². The smallest absolute Gasteiger partial charge is 0.243 e. The van der Waals surface area contributed by atoms with E-state index in [2.05, 4.69) is 10.6 Å². The second kappa shape index (κ2) is 10.6. The zero-order valence-corrected chi connectivity index (χ0v) is 18.6. The van der Waals surface area contributed by atoms with E-state index in [1.54, 1.807) is 14.2 Å². The highest BCUT2D eigenvalue weighted by Crippen LogP contribution is 2.31. The summed E-state index contributed by atoms with van der Waals surface area (Å²) in [5, 5.41) is 5.56. The van der Waals surface area contributed by atoms with E-state index in [-0.39, 0.29) is 24.9 Å². The number of aryl methyl sites for hydroxylation is 3. The molecule has 30 heavy (non-hydrogen) atoms. The van der Waals surface area contributed by atoms with Crippen LogP contribution in [0.25, 0.3) is 0 Å². The molecule has 0 aliphatic heterocycles. The summed E-state index contributed by atoms with van der Waals surface area (Å²) < 4.78 is 10.7. The van der Waals surface area contributed by atoms with Crippen LogP contribution in [-0.4, -0.2) is 51.1 Å². The number of nitrogens with zero attached hydrogens (tertiary/aromatic N) is 1. The molecule has 162 valence electrons. The molecule has 0 saturated heterocycles. The number of methoxy groups -OCH3 is 2. The molecule has 0 radical (unpaired) electrons. The van der Waals surface area contributed by atoms with E-state index in [9.17, 15) is 9.59 Å². The van der Waals surface area contributed by atoms with E-state index >= 15 is 0 Å². The number of ether oxygens (including phenoxy) is 2. The predicted octanol–water partition coefficient (Wildman–Crippen LogP) is 2.82. The third-order valence-corrected chi connectivity index (χ3v) is 4.73. The first kappa shape index (κ1) is 23.2. The number of hydrogen-bond acceptors (Lipinski definition) is 5. The van der Waals surface area contributed by atoms with Crippen LogP contribution in [-0.2, 0) is 16.1 Å². The lowest BCUT2D eigenvalue weighted by molar-refractivity contribution is -0.124. The van der Waals surface area contributed by atoms with Gasteiger partial charge in [0.2, 0.25) is 11.8 Å². The van der Waals surface area contributed by atoms with Gasteiger partial charge in [0.15, 0.2) is 11.5 Å². The molecular formula is C23H31N3O4. The van der Waals surface area contributed by atoms with Crippen molar-refractivity contribution in [3.63, 3.8) is 0 Å². The lowest BCUT2D eigenvalue weighted by atomic mass is 10.1. The van der Waals surface area contributed by atoms with Crippen molar-refractivity contribution in [2.45, 2.75) is 27.3 Å². The largest absolute Gasteiger partial charge is 0.493 e. The maximum Gasteiger partial charge on any atom is 0.243 e. The van der Waals surface area contributed by atoms with Gasteiger partial charge in [0.25, 0.3) is 0 Å². The van der Waals surface area contributed by atoms with Crippen LogP contribution in [0.15, 0.2) is 30.3 Å². The first-order chi connectivity index (χ1) is 14.2. The molecule has 0 fully saturated rings. The van der Waals surface area contributed by atoms with Gasteiger partial charge in [-0.1, -0.05) is 29.8 Å². The Bertz CT molecular complexity index is 888. The van der Waals surface area contributed by atoms with Gasteiger partial charge in [0.1, 0.15) is 0 Å². The monoisotopic (exact) mass is 413 g/mol. The molecule has 0 saturated carbocycles. The molecule has 0 unspecified atom stereocenters. The summed E-state index contributed by atoms with van der Waals surface area (Å²) >= 11 is 0. The van der Waals surface area contributed by atoms with Crippen molar-refractivity contribution < 1.29 is 19.1 Å². The Morgan fingerprint density at radius 1 is 1.00 bits per heavy atom. The third-order valence-electron chi connectivity index (χ3n) is 4.73. The molecule has 2 amide bonds. The van der Waals surface area contributed by atoms with Gasteiger partial charge in [-0.15, -0.1) is 0 Å². The number of para-hydroxylation sites is 1. The molecule has 2 N–H and O–H groups in total. The number of rotatable bonds is 9. The summed E-state index contributed by atoms with van der Waals surface area (Å²) in [5.74, 6) is 0.809. The fraction of sp³-hybridized carbons (Fsp3) is 0.391. The molecule has 0 aromatic heterocycles. The van der Waals surface area contributed by atoms with Crippen LogP contribution in [0.1, 0.15) is 22.3 Å².